The van der Waals surface area contributed by atoms with Gasteiger partial charge >= 0.3 is 0 Å². The van der Waals surface area contributed by atoms with Gasteiger partial charge in [0.05, 0.1) is 0 Å². The highest BCUT2D eigenvalue weighted by Crippen LogP contribution is 2.11. The van der Waals surface area contributed by atoms with Gasteiger partial charge in [0.2, 0.25) is 5.91 Å². The van der Waals surface area contributed by atoms with Crippen LogP contribution in [0, 0.1) is 0 Å². The molecule has 0 aliphatic carbocycles. The molecule has 3 nitrogen and oxygen atoms in total. The molecule has 80 valence electrons. The highest BCUT2D eigenvalue weighted by molar-refractivity contribution is 5.91. The molecule has 0 aromatic carbocycles. The fraction of sp³-hybridized carbons (Fsp3) is 0.727. The van der Waals surface area contributed by atoms with Crippen molar-refractivity contribution in [1.29, 1.82) is 0 Å². The minimum Gasteiger partial charge on any atom is -0.366 e. The fourth-order valence-electron chi connectivity index (χ4n) is 1.77. The van der Waals surface area contributed by atoms with Crippen molar-refractivity contribution in [2.45, 2.75) is 32.1 Å². The maximum atomic E-state index is 11.0. The van der Waals surface area contributed by atoms with Crippen LogP contribution in [0.2, 0.25) is 0 Å². The lowest BCUT2D eigenvalue weighted by molar-refractivity contribution is -0.114. The Balaban J connectivity index is 2.50. The Hall–Kier alpha value is -0.830. The van der Waals surface area contributed by atoms with Crippen LogP contribution in [0.15, 0.2) is 11.6 Å². The molecular weight excluding hydrogens is 176 g/mol. The number of hydrogen-bond donors (Lipinski definition) is 1. The van der Waals surface area contributed by atoms with Crippen LogP contribution >= 0.6 is 0 Å². The van der Waals surface area contributed by atoms with Crippen molar-refractivity contribution >= 4 is 5.91 Å². The Bertz CT molecular complexity index is 223. The summed E-state index contributed by atoms with van der Waals surface area (Å²) in [6.45, 7) is 2.24. The molecule has 0 saturated heterocycles. The molecule has 0 bridgehead atoms. The van der Waals surface area contributed by atoms with Gasteiger partial charge in [0.15, 0.2) is 0 Å². The number of amides is 1. The lowest BCUT2D eigenvalue weighted by Gasteiger charge is -2.17. The molecular formula is C11H20N2O. The lowest BCUT2D eigenvalue weighted by Crippen LogP contribution is -2.22. The number of rotatable bonds is 1. The van der Waals surface area contributed by atoms with E-state index in [0.29, 0.717) is 0 Å². The van der Waals surface area contributed by atoms with Gasteiger partial charge in [-0.15, -0.1) is 0 Å². The second kappa shape index (κ2) is 5.81. The van der Waals surface area contributed by atoms with Crippen molar-refractivity contribution in [1.82, 2.24) is 4.90 Å². The van der Waals surface area contributed by atoms with Gasteiger partial charge in [-0.05, 0) is 52.2 Å². The SMILES string of the molecule is CN1CCC/C=C(\C(N)=O)CCCC1. The Morgan fingerprint density at radius 2 is 2.07 bits per heavy atom. The number of allylic oxidation sites excluding steroid dienone is 1. The summed E-state index contributed by atoms with van der Waals surface area (Å²) in [7, 11) is 2.15. The highest BCUT2D eigenvalue weighted by Gasteiger charge is 2.06. The van der Waals surface area contributed by atoms with Gasteiger partial charge in [-0.1, -0.05) is 6.08 Å². The zero-order valence-corrected chi connectivity index (χ0v) is 8.96. The number of nitrogens with zero attached hydrogens (tertiary/aromatic N) is 1. The predicted molar refractivity (Wildman–Crippen MR) is 57.9 cm³/mol. The summed E-state index contributed by atoms with van der Waals surface area (Å²) in [6, 6.07) is 0. The van der Waals surface area contributed by atoms with Crippen molar-refractivity contribution in [3.05, 3.63) is 11.6 Å². The van der Waals surface area contributed by atoms with E-state index in [0.717, 1.165) is 50.8 Å². The summed E-state index contributed by atoms with van der Waals surface area (Å²) in [5.74, 6) is -0.237. The van der Waals surface area contributed by atoms with Gasteiger partial charge in [0.1, 0.15) is 0 Å². The molecule has 0 aromatic rings. The normalized spacial score (nSPS) is 25.1. The molecule has 0 saturated carbocycles. The van der Waals surface area contributed by atoms with Gasteiger partial charge < -0.3 is 10.6 Å². The van der Waals surface area contributed by atoms with Crippen LogP contribution in [0.3, 0.4) is 0 Å². The molecule has 0 aromatic heterocycles. The Labute approximate surface area is 86.0 Å². The van der Waals surface area contributed by atoms with E-state index in [4.69, 9.17) is 5.73 Å². The van der Waals surface area contributed by atoms with Crippen molar-refractivity contribution in [3.63, 3.8) is 0 Å². The van der Waals surface area contributed by atoms with Crippen LogP contribution < -0.4 is 5.73 Å². The minimum atomic E-state index is -0.237. The second-order valence-corrected chi connectivity index (χ2v) is 4.00. The van der Waals surface area contributed by atoms with Crippen LogP contribution in [0.5, 0.6) is 0 Å². The number of primary amides is 1. The molecule has 1 aliphatic heterocycles. The standard InChI is InChI=1S/C11H20N2O/c1-13-8-4-2-6-10(11(12)14)7-3-5-9-13/h6H,2-5,7-9H2,1H3,(H2,12,14)/b10-6-. The molecule has 3 heteroatoms. The minimum absolute atomic E-state index is 0.237. The van der Waals surface area contributed by atoms with Crippen LogP contribution in [0.4, 0.5) is 0 Å². The maximum absolute atomic E-state index is 11.0. The largest absolute Gasteiger partial charge is 0.366 e. The van der Waals surface area contributed by atoms with Crippen molar-refractivity contribution in [2.75, 3.05) is 20.1 Å². The topological polar surface area (TPSA) is 46.3 Å². The molecule has 1 amide bonds. The first-order valence-corrected chi connectivity index (χ1v) is 5.37. The van der Waals surface area contributed by atoms with E-state index >= 15 is 0 Å². The summed E-state index contributed by atoms with van der Waals surface area (Å²) >= 11 is 0. The second-order valence-electron chi connectivity index (χ2n) is 4.00. The molecule has 1 heterocycles. The van der Waals surface area contributed by atoms with Crippen LogP contribution in [0.1, 0.15) is 32.1 Å². The van der Waals surface area contributed by atoms with Crippen molar-refractivity contribution in [2.24, 2.45) is 5.73 Å². The van der Waals surface area contributed by atoms with Crippen molar-refractivity contribution in [3.8, 4) is 0 Å². The molecule has 0 spiro atoms. The molecule has 1 rings (SSSR count). The molecule has 0 atom stereocenters. The van der Waals surface area contributed by atoms with E-state index in [2.05, 4.69) is 11.9 Å². The van der Waals surface area contributed by atoms with Crippen LogP contribution in [-0.4, -0.2) is 30.9 Å². The average molecular weight is 196 g/mol. The van der Waals surface area contributed by atoms with Crippen LogP contribution in [0.25, 0.3) is 0 Å². The maximum Gasteiger partial charge on any atom is 0.244 e. The Morgan fingerprint density at radius 1 is 1.36 bits per heavy atom. The number of nitrogens with two attached hydrogens (primary N) is 1. The molecule has 2 N–H and O–H groups in total. The first-order chi connectivity index (χ1) is 6.70. The lowest BCUT2D eigenvalue weighted by atomic mass is 10.0. The van der Waals surface area contributed by atoms with Gasteiger partial charge in [0, 0.05) is 5.57 Å². The van der Waals surface area contributed by atoms with Gasteiger partial charge in [-0.3, -0.25) is 4.79 Å². The van der Waals surface area contributed by atoms with Crippen LogP contribution in [-0.2, 0) is 4.79 Å². The fourth-order valence-corrected chi connectivity index (χ4v) is 1.77. The van der Waals surface area contributed by atoms with Crippen molar-refractivity contribution < 1.29 is 4.79 Å². The van der Waals surface area contributed by atoms with E-state index in [-0.39, 0.29) is 5.91 Å². The van der Waals surface area contributed by atoms with Gasteiger partial charge in [0.25, 0.3) is 0 Å². The Kier molecular flexibility index (Phi) is 4.66. The number of carbonyl (C=O) groups excluding carboxylic acids is 1. The van der Waals surface area contributed by atoms with Gasteiger partial charge in [-0.25, -0.2) is 0 Å². The molecule has 14 heavy (non-hydrogen) atoms. The molecule has 0 unspecified atom stereocenters. The number of carbonyl (C=O) groups is 1. The molecule has 1 aliphatic rings. The molecule has 0 fully saturated rings. The summed E-state index contributed by atoms with van der Waals surface area (Å²) in [5.41, 5.74) is 6.12. The third kappa shape index (κ3) is 3.92. The van der Waals surface area contributed by atoms with E-state index < -0.39 is 0 Å². The third-order valence-corrected chi connectivity index (χ3v) is 2.69. The van der Waals surface area contributed by atoms with E-state index in [1.165, 1.54) is 0 Å². The zero-order valence-electron chi connectivity index (χ0n) is 8.96. The van der Waals surface area contributed by atoms with E-state index in [9.17, 15) is 4.79 Å². The summed E-state index contributed by atoms with van der Waals surface area (Å²) in [5, 5.41) is 0. The van der Waals surface area contributed by atoms with E-state index in [1.54, 1.807) is 0 Å². The van der Waals surface area contributed by atoms with Gasteiger partial charge in [-0.2, -0.15) is 0 Å². The quantitative estimate of drug-likeness (QED) is 0.687. The average Bonchev–Trinajstić information content (AvgIpc) is 2.15. The first kappa shape index (κ1) is 11.2. The van der Waals surface area contributed by atoms with E-state index in [1.807, 2.05) is 6.08 Å². The third-order valence-electron chi connectivity index (χ3n) is 2.69. The highest BCUT2D eigenvalue weighted by atomic mass is 16.1. The summed E-state index contributed by atoms with van der Waals surface area (Å²) in [6.07, 6.45) is 7.18. The summed E-state index contributed by atoms with van der Waals surface area (Å²) < 4.78 is 0. The first-order valence-electron chi connectivity index (χ1n) is 5.37. The predicted octanol–water partition coefficient (Wildman–Crippen LogP) is 1.29. The molecule has 0 radical (unpaired) electrons. The Morgan fingerprint density at radius 3 is 2.79 bits per heavy atom. The zero-order chi connectivity index (χ0) is 10.4. The number of hydrogen-bond acceptors (Lipinski definition) is 2. The summed E-state index contributed by atoms with van der Waals surface area (Å²) in [4.78, 5) is 13.4. The monoisotopic (exact) mass is 196 g/mol. The smallest absolute Gasteiger partial charge is 0.244 e.